The number of hydrogen-bond acceptors (Lipinski definition) is 4. The predicted molar refractivity (Wildman–Crippen MR) is 87.4 cm³/mol. The van der Waals surface area contributed by atoms with E-state index in [0.29, 0.717) is 22.3 Å². The molecule has 5 nitrogen and oxygen atoms in total. The van der Waals surface area contributed by atoms with Crippen LogP contribution in [0.3, 0.4) is 0 Å². The van der Waals surface area contributed by atoms with Gasteiger partial charge >= 0.3 is 5.97 Å². The average molecular weight is 420 g/mol. The number of amides is 1. The number of methoxy groups -OCH3 is 1. The minimum absolute atomic E-state index is 0.0835. The van der Waals surface area contributed by atoms with Crippen molar-refractivity contribution in [3.05, 3.63) is 26.6 Å². The third kappa shape index (κ3) is 4.05. The van der Waals surface area contributed by atoms with Gasteiger partial charge in [-0.3, -0.25) is 4.79 Å². The maximum Gasteiger partial charge on any atom is 0.340 e. The summed E-state index contributed by atoms with van der Waals surface area (Å²) in [4.78, 5) is 24.2. The molecule has 1 aromatic rings. The van der Waals surface area contributed by atoms with E-state index in [1.165, 1.54) is 7.11 Å². The largest absolute Gasteiger partial charge is 0.465 e. The molecule has 0 unspecified atom stereocenters. The van der Waals surface area contributed by atoms with Crippen molar-refractivity contribution in [1.82, 2.24) is 5.32 Å². The zero-order valence-corrected chi connectivity index (χ0v) is 14.7. The lowest BCUT2D eigenvalue weighted by atomic mass is 9.98. The van der Waals surface area contributed by atoms with Gasteiger partial charge < -0.3 is 15.4 Å². The third-order valence-electron chi connectivity index (χ3n) is 3.38. The van der Waals surface area contributed by atoms with Crippen LogP contribution in [-0.2, 0) is 9.53 Å². The number of carbonyl (C=O) groups excluding carboxylic acids is 2. The summed E-state index contributed by atoms with van der Waals surface area (Å²) in [5.74, 6) is -0.663. The van der Waals surface area contributed by atoms with Gasteiger partial charge in [0.15, 0.2) is 0 Å². The summed E-state index contributed by atoms with van der Waals surface area (Å²) in [6.07, 6.45) is 1.82. The molecule has 114 valence electrons. The normalized spacial score (nSPS) is 18.1. The molecule has 1 amide bonds. The van der Waals surface area contributed by atoms with Crippen LogP contribution in [0.25, 0.3) is 0 Å². The minimum atomic E-state index is -0.492. The fraction of sp³-hybridized carbons (Fsp3) is 0.429. The molecule has 0 aromatic heterocycles. The van der Waals surface area contributed by atoms with Gasteiger partial charge in [0.05, 0.1) is 24.3 Å². The fourth-order valence-electron chi connectivity index (χ4n) is 2.27. The summed E-state index contributed by atoms with van der Waals surface area (Å²) in [5.41, 5.74) is 0.761. The van der Waals surface area contributed by atoms with Crippen LogP contribution >= 0.6 is 31.9 Å². The standard InChI is InChI=1S/C14H16Br2N2O3/c1-21-14(20)10-5-9(15)6-11(16)12(10)18-13(19)8-3-2-4-17-7-8/h5-6,8,17H,2-4,7H2,1H3,(H,18,19)/t8-/m0/s1. The third-order valence-corrected chi connectivity index (χ3v) is 4.46. The molecule has 1 fully saturated rings. The highest BCUT2D eigenvalue weighted by Crippen LogP contribution is 2.32. The Hall–Kier alpha value is -0.920. The highest BCUT2D eigenvalue weighted by molar-refractivity contribution is 9.11. The van der Waals surface area contributed by atoms with Crippen LogP contribution in [0.4, 0.5) is 5.69 Å². The van der Waals surface area contributed by atoms with Crippen molar-refractivity contribution >= 4 is 49.4 Å². The molecular formula is C14H16Br2N2O3. The van der Waals surface area contributed by atoms with Gasteiger partial charge in [0, 0.05) is 15.5 Å². The Morgan fingerprint density at radius 2 is 2.14 bits per heavy atom. The van der Waals surface area contributed by atoms with Crippen LogP contribution in [-0.4, -0.2) is 32.1 Å². The second-order valence-corrected chi connectivity index (χ2v) is 6.60. The number of carbonyl (C=O) groups is 2. The minimum Gasteiger partial charge on any atom is -0.465 e. The first-order valence-electron chi connectivity index (χ1n) is 6.62. The van der Waals surface area contributed by atoms with E-state index in [9.17, 15) is 9.59 Å². The maximum atomic E-state index is 12.3. The average Bonchev–Trinajstić information content (AvgIpc) is 2.49. The number of piperidine rings is 1. The summed E-state index contributed by atoms with van der Waals surface area (Å²) in [6, 6.07) is 3.41. The molecule has 0 saturated carbocycles. The monoisotopic (exact) mass is 418 g/mol. The topological polar surface area (TPSA) is 67.4 Å². The lowest BCUT2D eigenvalue weighted by molar-refractivity contribution is -0.120. The molecule has 1 aliphatic heterocycles. The SMILES string of the molecule is COC(=O)c1cc(Br)cc(Br)c1NC(=O)[C@H]1CCCNC1. The van der Waals surface area contributed by atoms with E-state index in [4.69, 9.17) is 4.74 Å². The molecule has 7 heteroatoms. The van der Waals surface area contributed by atoms with Crippen LogP contribution in [0.15, 0.2) is 21.1 Å². The van der Waals surface area contributed by atoms with Crippen molar-refractivity contribution in [3.63, 3.8) is 0 Å². The van der Waals surface area contributed by atoms with E-state index in [2.05, 4.69) is 42.5 Å². The number of hydrogen-bond donors (Lipinski definition) is 2. The van der Waals surface area contributed by atoms with Gasteiger partial charge in [-0.05, 0) is 47.4 Å². The van der Waals surface area contributed by atoms with Gasteiger partial charge in [-0.2, -0.15) is 0 Å². The lowest BCUT2D eigenvalue weighted by Crippen LogP contribution is -2.37. The van der Waals surface area contributed by atoms with Gasteiger partial charge in [0.1, 0.15) is 0 Å². The molecule has 21 heavy (non-hydrogen) atoms. The quantitative estimate of drug-likeness (QED) is 0.739. The van der Waals surface area contributed by atoms with Crippen molar-refractivity contribution in [2.24, 2.45) is 5.92 Å². The second-order valence-electron chi connectivity index (χ2n) is 4.83. The summed E-state index contributed by atoms with van der Waals surface area (Å²) in [7, 11) is 1.31. The molecule has 1 aromatic carbocycles. The summed E-state index contributed by atoms with van der Waals surface area (Å²) >= 11 is 6.71. The van der Waals surface area contributed by atoms with Crippen molar-refractivity contribution in [1.29, 1.82) is 0 Å². The number of halogens is 2. The van der Waals surface area contributed by atoms with Crippen LogP contribution in [0.5, 0.6) is 0 Å². The molecule has 1 heterocycles. The van der Waals surface area contributed by atoms with Crippen LogP contribution < -0.4 is 10.6 Å². The predicted octanol–water partition coefficient (Wildman–Crippen LogP) is 2.94. The van der Waals surface area contributed by atoms with Crippen LogP contribution in [0.2, 0.25) is 0 Å². The molecule has 1 saturated heterocycles. The first-order chi connectivity index (χ1) is 10.0. The van der Waals surface area contributed by atoms with Crippen molar-refractivity contribution in [3.8, 4) is 0 Å². The van der Waals surface area contributed by atoms with Crippen LogP contribution in [0.1, 0.15) is 23.2 Å². The Morgan fingerprint density at radius 3 is 2.76 bits per heavy atom. The summed E-state index contributed by atoms with van der Waals surface area (Å²) < 4.78 is 6.13. The molecule has 2 N–H and O–H groups in total. The molecule has 0 bridgehead atoms. The second kappa shape index (κ2) is 7.38. The number of esters is 1. The van der Waals surface area contributed by atoms with Gasteiger partial charge in [0.25, 0.3) is 0 Å². The molecular weight excluding hydrogens is 404 g/mol. The smallest absolute Gasteiger partial charge is 0.340 e. The molecule has 0 aliphatic carbocycles. The Morgan fingerprint density at radius 1 is 1.38 bits per heavy atom. The zero-order chi connectivity index (χ0) is 15.4. The zero-order valence-electron chi connectivity index (χ0n) is 11.5. The molecule has 1 atom stereocenters. The van der Waals surface area contributed by atoms with E-state index in [1.54, 1.807) is 12.1 Å². The van der Waals surface area contributed by atoms with Gasteiger partial charge in [-0.15, -0.1) is 0 Å². The van der Waals surface area contributed by atoms with Crippen molar-refractivity contribution in [2.45, 2.75) is 12.8 Å². The fourth-order valence-corrected chi connectivity index (χ4v) is 3.60. The highest BCUT2D eigenvalue weighted by atomic mass is 79.9. The van der Waals surface area contributed by atoms with Crippen LogP contribution in [0, 0.1) is 5.92 Å². The molecule has 1 aliphatic rings. The Bertz CT molecular complexity index is 557. The van der Waals surface area contributed by atoms with Gasteiger partial charge in [0.2, 0.25) is 5.91 Å². The Balaban J connectivity index is 2.25. The molecule has 2 rings (SSSR count). The summed E-state index contributed by atoms with van der Waals surface area (Å²) in [6.45, 7) is 1.60. The van der Waals surface area contributed by atoms with Gasteiger partial charge in [-0.25, -0.2) is 4.79 Å². The van der Waals surface area contributed by atoms with E-state index >= 15 is 0 Å². The van der Waals surface area contributed by atoms with E-state index in [0.717, 1.165) is 23.9 Å². The Kier molecular flexibility index (Phi) is 5.78. The van der Waals surface area contributed by atoms with E-state index < -0.39 is 5.97 Å². The number of ether oxygens (including phenoxy) is 1. The van der Waals surface area contributed by atoms with Gasteiger partial charge in [-0.1, -0.05) is 15.9 Å². The van der Waals surface area contributed by atoms with E-state index in [1.807, 2.05) is 0 Å². The maximum absolute atomic E-state index is 12.3. The lowest BCUT2D eigenvalue weighted by Gasteiger charge is -2.22. The first-order valence-corrected chi connectivity index (χ1v) is 8.20. The first kappa shape index (κ1) is 16.5. The Labute approximate surface area is 140 Å². The number of benzene rings is 1. The summed E-state index contributed by atoms with van der Waals surface area (Å²) in [5, 5.41) is 6.05. The highest BCUT2D eigenvalue weighted by Gasteiger charge is 2.24. The van der Waals surface area contributed by atoms with Crippen molar-refractivity contribution < 1.29 is 14.3 Å². The van der Waals surface area contributed by atoms with Crippen molar-refractivity contribution in [2.75, 3.05) is 25.5 Å². The molecule has 0 radical (unpaired) electrons. The number of nitrogens with one attached hydrogen (secondary N) is 2. The van der Waals surface area contributed by atoms with E-state index in [-0.39, 0.29) is 11.8 Å². The molecule has 0 spiro atoms. The number of rotatable bonds is 3. The number of anilines is 1.